The summed E-state index contributed by atoms with van der Waals surface area (Å²) in [4.78, 5) is 0. The minimum Gasteiger partial charge on any atom is -0.489 e. The summed E-state index contributed by atoms with van der Waals surface area (Å²) in [5, 5.41) is 0. The Bertz CT molecular complexity index is 318. The van der Waals surface area contributed by atoms with Crippen molar-refractivity contribution < 1.29 is 4.74 Å². The molecular formula is C12H15IO. The fourth-order valence-corrected chi connectivity index (χ4v) is 2.23. The number of benzene rings is 1. The van der Waals surface area contributed by atoms with Crippen LogP contribution in [0.25, 0.3) is 0 Å². The Morgan fingerprint density at radius 3 is 2.71 bits per heavy atom. The van der Waals surface area contributed by atoms with Crippen molar-refractivity contribution in [2.75, 3.05) is 0 Å². The van der Waals surface area contributed by atoms with Crippen molar-refractivity contribution in [1.29, 1.82) is 0 Å². The van der Waals surface area contributed by atoms with Crippen LogP contribution in [0.3, 0.4) is 0 Å². The van der Waals surface area contributed by atoms with Crippen LogP contribution in [-0.4, -0.2) is 6.10 Å². The van der Waals surface area contributed by atoms with Gasteiger partial charge in [0.2, 0.25) is 0 Å². The molecule has 0 amide bonds. The predicted molar refractivity (Wildman–Crippen MR) is 66.8 cm³/mol. The molecule has 0 aliphatic heterocycles. The van der Waals surface area contributed by atoms with Crippen molar-refractivity contribution in [3.8, 4) is 5.75 Å². The fraction of sp³-hybridized carbons (Fsp3) is 0.500. The minimum absolute atomic E-state index is 0.482. The van der Waals surface area contributed by atoms with E-state index in [9.17, 15) is 0 Å². The summed E-state index contributed by atoms with van der Waals surface area (Å²) < 4.78 is 7.12. The summed E-state index contributed by atoms with van der Waals surface area (Å²) in [6.45, 7) is 2.18. The maximum Gasteiger partial charge on any atom is 0.133 e. The molecule has 2 rings (SSSR count). The molecule has 0 bridgehead atoms. The van der Waals surface area contributed by atoms with Gasteiger partial charge in [-0.05, 0) is 66.0 Å². The average Bonchev–Trinajstić information content (AvgIpc) is 2.13. The highest BCUT2D eigenvalue weighted by atomic mass is 127. The lowest BCUT2D eigenvalue weighted by atomic mass is 9.96. The first-order chi connectivity index (χ1) is 6.79. The topological polar surface area (TPSA) is 9.23 Å². The third-order valence-electron chi connectivity index (χ3n) is 2.75. The molecule has 0 spiro atoms. The van der Waals surface area contributed by atoms with Gasteiger partial charge in [0.1, 0.15) is 5.75 Å². The van der Waals surface area contributed by atoms with Crippen LogP contribution in [0.1, 0.15) is 31.7 Å². The van der Waals surface area contributed by atoms with Crippen LogP contribution in [0.2, 0.25) is 0 Å². The van der Waals surface area contributed by atoms with Gasteiger partial charge in [-0.25, -0.2) is 0 Å². The second-order valence-electron chi connectivity index (χ2n) is 3.79. The first-order valence-corrected chi connectivity index (χ1v) is 6.32. The molecule has 76 valence electrons. The Hall–Kier alpha value is -0.250. The zero-order valence-corrected chi connectivity index (χ0v) is 10.6. The first-order valence-electron chi connectivity index (χ1n) is 5.24. The Kier molecular flexibility index (Phi) is 3.31. The van der Waals surface area contributed by atoms with Gasteiger partial charge in [-0.1, -0.05) is 13.0 Å². The molecule has 1 nitrogen and oxygen atoms in total. The molecule has 1 fully saturated rings. The van der Waals surface area contributed by atoms with Gasteiger partial charge in [0, 0.05) is 0 Å². The van der Waals surface area contributed by atoms with E-state index in [-0.39, 0.29) is 0 Å². The molecule has 1 aromatic carbocycles. The van der Waals surface area contributed by atoms with Crippen molar-refractivity contribution >= 4 is 22.6 Å². The molecule has 0 radical (unpaired) electrons. The minimum atomic E-state index is 0.482. The fourth-order valence-electron chi connectivity index (χ4n) is 1.53. The van der Waals surface area contributed by atoms with E-state index in [0.717, 1.165) is 12.2 Å². The molecule has 1 saturated carbocycles. The zero-order chi connectivity index (χ0) is 9.97. The second kappa shape index (κ2) is 4.51. The number of hydrogen-bond acceptors (Lipinski definition) is 1. The molecule has 1 aliphatic rings. The van der Waals surface area contributed by atoms with Gasteiger partial charge in [0.15, 0.2) is 0 Å². The van der Waals surface area contributed by atoms with Gasteiger partial charge < -0.3 is 4.74 Å². The summed E-state index contributed by atoms with van der Waals surface area (Å²) >= 11 is 2.36. The smallest absolute Gasteiger partial charge is 0.133 e. The van der Waals surface area contributed by atoms with Crippen molar-refractivity contribution in [3.05, 3.63) is 27.3 Å². The van der Waals surface area contributed by atoms with E-state index >= 15 is 0 Å². The van der Waals surface area contributed by atoms with Crippen LogP contribution in [0.15, 0.2) is 18.2 Å². The molecule has 1 aromatic rings. The molecule has 0 aromatic heterocycles. The number of ether oxygens (including phenoxy) is 1. The highest BCUT2D eigenvalue weighted by Gasteiger charge is 2.19. The third-order valence-corrected chi connectivity index (χ3v) is 3.59. The molecule has 1 aliphatic carbocycles. The van der Waals surface area contributed by atoms with Crippen LogP contribution in [0, 0.1) is 3.57 Å². The summed E-state index contributed by atoms with van der Waals surface area (Å²) in [5.74, 6) is 1.06. The summed E-state index contributed by atoms with van der Waals surface area (Å²) in [6, 6.07) is 6.49. The maximum atomic E-state index is 5.87. The maximum absolute atomic E-state index is 5.87. The zero-order valence-electron chi connectivity index (χ0n) is 8.42. The third kappa shape index (κ3) is 2.22. The van der Waals surface area contributed by atoms with Gasteiger partial charge >= 0.3 is 0 Å². The van der Waals surface area contributed by atoms with Crippen molar-refractivity contribution in [2.45, 2.75) is 38.7 Å². The molecule has 0 atom stereocenters. The second-order valence-corrected chi connectivity index (χ2v) is 4.95. The number of aryl methyl sites for hydroxylation is 1. The first kappa shape index (κ1) is 10.3. The lowest BCUT2D eigenvalue weighted by Crippen LogP contribution is -2.24. The van der Waals surface area contributed by atoms with Crippen LogP contribution in [-0.2, 0) is 6.42 Å². The van der Waals surface area contributed by atoms with E-state index in [2.05, 4.69) is 47.7 Å². The average molecular weight is 302 g/mol. The standard InChI is InChI=1S/C12H15IO/c1-2-9-6-7-12(11(13)8-9)14-10-4-3-5-10/h6-8,10H,2-5H2,1H3. The van der Waals surface area contributed by atoms with Crippen LogP contribution >= 0.6 is 22.6 Å². The highest BCUT2D eigenvalue weighted by Crippen LogP contribution is 2.29. The molecule has 0 saturated heterocycles. The molecular weight excluding hydrogens is 287 g/mol. The van der Waals surface area contributed by atoms with Crippen LogP contribution < -0.4 is 4.74 Å². The molecule has 0 heterocycles. The highest BCUT2D eigenvalue weighted by molar-refractivity contribution is 14.1. The van der Waals surface area contributed by atoms with Crippen molar-refractivity contribution in [3.63, 3.8) is 0 Å². The van der Waals surface area contributed by atoms with Gasteiger partial charge in [-0.2, -0.15) is 0 Å². The Morgan fingerprint density at radius 2 is 2.21 bits per heavy atom. The van der Waals surface area contributed by atoms with E-state index in [4.69, 9.17) is 4.74 Å². The lowest BCUT2D eigenvalue weighted by molar-refractivity contribution is 0.119. The van der Waals surface area contributed by atoms with E-state index in [0.29, 0.717) is 6.10 Å². The predicted octanol–water partition coefficient (Wildman–Crippen LogP) is 3.78. The van der Waals surface area contributed by atoms with Crippen LogP contribution in [0.4, 0.5) is 0 Å². The molecule has 0 unspecified atom stereocenters. The van der Waals surface area contributed by atoms with Gasteiger partial charge in [0.05, 0.1) is 9.67 Å². The Morgan fingerprint density at radius 1 is 1.43 bits per heavy atom. The van der Waals surface area contributed by atoms with E-state index < -0.39 is 0 Å². The molecule has 0 N–H and O–H groups in total. The normalized spacial score (nSPS) is 16.4. The van der Waals surface area contributed by atoms with Crippen molar-refractivity contribution in [1.82, 2.24) is 0 Å². The van der Waals surface area contributed by atoms with E-state index in [1.807, 2.05) is 0 Å². The van der Waals surface area contributed by atoms with Gasteiger partial charge in [-0.15, -0.1) is 0 Å². The van der Waals surface area contributed by atoms with Gasteiger partial charge in [0.25, 0.3) is 0 Å². The van der Waals surface area contributed by atoms with Gasteiger partial charge in [-0.3, -0.25) is 0 Å². The molecule has 14 heavy (non-hydrogen) atoms. The number of hydrogen-bond donors (Lipinski definition) is 0. The molecule has 2 heteroatoms. The summed E-state index contributed by atoms with van der Waals surface area (Å²) in [5.41, 5.74) is 1.38. The van der Waals surface area contributed by atoms with E-state index in [1.165, 1.54) is 28.4 Å². The monoisotopic (exact) mass is 302 g/mol. The summed E-state index contributed by atoms with van der Waals surface area (Å²) in [7, 11) is 0. The Balaban J connectivity index is 2.09. The van der Waals surface area contributed by atoms with Crippen LogP contribution in [0.5, 0.6) is 5.75 Å². The largest absolute Gasteiger partial charge is 0.489 e. The quantitative estimate of drug-likeness (QED) is 0.772. The summed E-state index contributed by atoms with van der Waals surface area (Å²) in [6.07, 6.45) is 5.36. The SMILES string of the molecule is CCc1ccc(OC2CCC2)c(I)c1. The number of rotatable bonds is 3. The lowest BCUT2D eigenvalue weighted by Gasteiger charge is -2.27. The van der Waals surface area contributed by atoms with E-state index in [1.54, 1.807) is 0 Å². The number of halogens is 1. The Labute approximate surface area is 99.0 Å². The van der Waals surface area contributed by atoms with Crippen molar-refractivity contribution in [2.24, 2.45) is 0 Å².